The zero-order valence-electron chi connectivity index (χ0n) is 10.9. The van der Waals surface area contributed by atoms with Crippen molar-refractivity contribution in [1.82, 2.24) is 4.90 Å². The molecule has 2 heterocycles. The second kappa shape index (κ2) is 4.90. The van der Waals surface area contributed by atoms with Gasteiger partial charge < -0.3 is 9.52 Å². The highest BCUT2D eigenvalue weighted by molar-refractivity contribution is 6.09. The van der Waals surface area contributed by atoms with Gasteiger partial charge in [0.15, 0.2) is 0 Å². The van der Waals surface area contributed by atoms with E-state index in [1.54, 1.807) is 24.3 Å². The zero-order valence-corrected chi connectivity index (χ0v) is 10.9. The fourth-order valence-electron chi connectivity index (χ4n) is 2.29. The van der Waals surface area contributed by atoms with Gasteiger partial charge in [0.2, 0.25) is 5.91 Å². The fourth-order valence-corrected chi connectivity index (χ4v) is 2.29. The lowest BCUT2D eigenvalue weighted by molar-refractivity contribution is -0.129. The van der Waals surface area contributed by atoms with Crippen molar-refractivity contribution in [2.24, 2.45) is 0 Å². The van der Waals surface area contributed by atoms with Crippen molar-refractivity contribution in [3.8, 4) is 0 Å². The molecule has 2 amide bonds. The average molecular weight is 285 g/mol. The lowest BCUT2D eigenvalue weighted by Crippen LogP contribution is -2.41. The van der Waals surface area contributed by atoms with Crippen LogP contribution in [-0.2, 0) is 17.8 Å². The Labute approximate surface area is 119 Å². The van der Waals surface area contributed by atoms with E-state index in [-0.39, 0.29) is 30.2 Å². The number of carboxylic acids is 1. The molecule has 0 bridgehead atoms. The summed E-state index contributed by atoms with van der Waals surface area (Å²) < 4.78 is 5.09. The van der Waals surface area contributed by atoms with Crippen LogP contribution in [0.3, 0.4) is 0 Å². The van der Waals surface area contributed by atoms with E-state index in [1.807, 2.05) is 0 Å². The van der Waals surface area contributed by atoms with Gasteiger partial charge in [-0.05, 0) is 17.7 Å². The summed E-state index contributed by atoms with van der Waals surface area (Å²) in [6.45, 7) is -0.0702. The number of amides is 2. The predicted octanol–water partition coefficient (Wildman–Crippen LogP) is 1.70. The highest BCUT2D eigenvalue weighted by Gasteiger charge is 2.31. The molecule has 0 saturated carbocycles. The van der Waals surface area contributed by atoms with Crippen molar-refractivity contribution in [2.75, 3.05) is 0 Å². The summed E-state index contributed by atoms with van der Waals surface area (Å²) >= 11 is 0. The van der Waals surface area contributed by atoms with E-state index in [0.29, 0.717) is 11.1 Å². The summed E-state index contributed by atoms with van der Waals surface area (Å²) in [4.78, 5) is 36.2. The van der Waals surface area contributed by atoms with Gasteiger partial charge in [-0.1, -0.05) is 18.2 Å². The normalized spacial score (nSPS) is 14.2. The van der Waals surface area contributed by atoms with Crippen LogP contribution in [0.25, 0.3) is 0 Å². The van der Waals surface area contributed by atoms with E-state index < -0.39 is 11.9 Å². The lowest BCUT2D eigenvalue weighted by atomic mass is 9.98. The standard InChI is InChI=1S/C15H11NO5/c17-13-6-9-3-1-2-4-12(9)14(18)16(13)7-11-5-10(8-21-11)15(19)20/h1-5,8H,6-7H2,(H,19,20). The van der Waals surface area contributed by atoms with Crippen molar-refractivity contribution < 1.29 is 23.9 Å². The molecule has 0 aliphatic carbocycles. The first kappa shape index (κ1) is 13.1. The minimum absolute atomic E-state index is 0.0118. The smallest absolute Gasteiger partial charge is 0.338 e. The van der Waals surface area contributed by atoms with Crippen molar-refractivity contribution >= 4 is 17.8 Å². The predicted molar refractivity (Wildman–Crippen MR) is 70.7 cm³/mol. The molecule has 1 aliphatic rings. The molecule has 0 fully saturated rings. The Balaban J connectivity index is 1.87. The summed E-state index contributed by atoms with van der Waals surface area (Å²) in [5.41, 5.74) is 1.18. The van der Waals surface area contributed by atoms with Gasteiger partial charge in [0.1, 0.15) is 12.0 Å². The number of aromatic carboxylic acids is 1. The van der Waals surface area contributed by atoms with E-state index in [2.05, 4.69) is 0 Å². The first-order valence-electron chi connectivity index (χ1n) is 6.29. The molecule has 0 atom stereocenters. The van der Waals surface area contributed by atoms with Crippen molar-refractivity contribution in [2.45, 2.75) is 13.0 Å². The Morgan fingerprint density at radius 2 is 2.05 bits per heavy atom. The van der Waals surface area contributed by atoms with Crippen LogP contribution >= 0.6 is 0 Å². The summed E-state index contributed by atoms with van der Waals surface area (Å²) in [5.74, 6) is -1.58. The quantitative estimate of drug-likeness (QED) is 0.867. The number of hydrogen-bond donors (Lipinski definition) is 1. The molecule has 1 aliphatic heterocycles. The second-order valence-corrected chi connectivity index (χ2v) is 4.73. The molecule has 21 heavy (non-hydrogen) atoms. The number of carbonyl (C=O) groups is 3. The molecule has 2 aromatic rings. The lowest BCUT2D eigenvalue weighted by Gasteiger charge is -2.25. The third-order valence-electron chi connectivity index (χ3n) is 3.35. The number of fused-ring (bicyclic) bond motifs is 1. The Hall–Kier alpha value is -2.89. The van der Waals surface area contributed by atoms with Gasteiger partial charge in [0, 0.05) is 5.56 Å². The molecule has 106 valence electrons. The molecule has 6 heteroatoms. The Bertz CT molecular complexity index is 746. The van der Waals surface area contributed by atoms with Crippen LogP contribution in [0.2, 0.25) is 0 Å². The van der Waals surface area contributed by atoms with Crippen LogP contribution in [0.5, 0.6) is 0 Å². The van der Waals surface area contributed by atoms with Crippen molar-refractivity contribution in [1.29, 1.82) is 0 Å². The van der Waals surface area contributed by atoms with E-state index in [9.17, 15) is 14.4 Å². The number of carboxylic acid groups (broad SMARTS) is 1. The van der Waals surface area contributed by atoms with Crippen LogP contribution in [-0.4, -0.2) is 27.8 Å². The summed E-state index contributed by atoms with van der Waals surface area (Å²) in [5, 5.41) is 8.83. The molecule has 1 aromatic carbocycles. The van der Waals surface area contributed by atoms with Gasteiger partial charge in [-0.3, -0.25) is 14.5 Å². The van der Waals surface area contributed by atoms with Gasteiger partial charge in [-0.2, -0.15) is 0 Å². The van der Waals surface area contributed by atoms with Gasteiger partial charge in [-0.25, -0.2) is 4.79 Å². The minimum Gasteiger partial charge on any atom is -0.478 e. The maximum absolute atomic E-state index is 12.3. The van der Waals surface area contributed by atoms with Gasteiger partial charge >= 0.3 is 5.97 Å². The first-order chi connectivity index (χ1) is 10.1. The van der Waals surface area contributed by atoms with Crippen LogP contribution in [0.15, 0.2) is 41.0 Å². The highest BCUT2D eigenvalue weighted by Crippen LogP contribution is 2.22. The fraction of sp³-hybridized carbons (Fsp3) is 0.133. The number of furan rings is 1. The highest BCUT2D eigenvalue weighted by atomic mass is 16.4. The number of imide groups is 1. The third-order valence-corrected chi connectivity index (χ3v) is 3.35. The van der Waals surface area contributed by atoms with Crippen LogP contribution < -0.4 is 0 Å². The molecule has 3 rings (SSSR count). The average Bonchev–Trinajstić information content (AvgIpc) is 2.92. The number of benzene rings is 1. The maximum Gasteiger partial charge on any atom is 0.338 e. The molecule has 1 aromatic heterocycles. The number of hydrogen-bond acceptors (Lipinski definition) is 4. The van der Waals surface area contributed by atoms with Crippen molar-refractivity contribution in [3.05, 3.63) is 59.0 Å². The topological polar surface area (TPSA) is 87.8 Å². The summed E-state index contributed by atoms with van der Waals surface area (Å²) in [6.07, 6.45) is 1.24. The number of rotatable bonds is 3. The summed E-state index contributed by atoms with van der Waals surface area (Å²) in [7, 11) is 0. The summed E-state index contributed by atoms with van der Waals surface area (Å²) in [6, 6.07) is 8.24. The van der Waals surface area contributed by atoms with E-state index in [4.69, 9.17) is 9.52 Å². The molecule has 6 nitrogen and oxygen atoms in total. The molecular formula is C15H11NO5. The molecule has 0 unspecified atom stereocenters. The Morgan fingerprint density at radius 3 is 2.76 bits per heavy atom. The maximum atomic E-state index is 12.3. The van der Waals surface area contributed by atoms with Crippen LogP contribution in [0.1, 0.15) is 32.0 Å². The van der Waals surface area contributed by atoms with E-state index in [1.165, 1.54) is 6.07 Å². The third kappa shape index (κ3) is 2.31. The Morgan fingerprint density at radius 1 is 1.29 bits per heavy atom. The zero-order chi connectivity index (χ0) is 15.0. The number of nitrogens with zero attached hydrogens (tertiary/aromatic N) is 1. The minimum atomic E-state index is -1.12. The second-order valence-electron chi connectivity index (χ2n) is 4.73. The SMILES string of the molecule is O=C(O)c1coc(CN2C(=O)Cc3ccccc3C2=O)c1. The van der Waals surface area contributed by atoms with Gasteiger partial charge in [0.05, 0.1) is 18.5 Å². The molecule has 0 radical (unpaired) electrons. The monoisotopic (exact) mass is 285 g/mol. The molecule has 1 N–H and O–H groups in total. The van der Waals surface area contributed by atoms with Crippen molar-refractivity contribution in [3.63, 3.8) is 0 Å². The number of carbonyl (C=O) groups excluding carboxylic acids is 2. The van der Waals surface area contributed by atoms with Crippen LogP contribution in [0.4, 0.5) is 0 Å². The first-order valence-corrected chi connectivity index (χ1v) is 6.29. The van der Waals surface area contributed by atoms with E-state index in [0.717, 1.165) is 11.2 Å². The molecule has 0 spiro atoms. The van der Waals surface area contributed by atoms with Gasteiger partial charge in [0.25, 0.3) is 5.91 Å². The molecule has 0 saturated heterocycles. The largest absolute Gasteiger partial charge is 0.478 e. The van der Waals surface area contributed by atoms with Crippen LogP contribution in [0, 0.1) is 0 Å². The van der Waals surface area contributed by atoms with Gasteiger partial charge in [-0.15, -0.1) is 0 Å². The molecular weight excluding hydrogens is 274 g/mol. The Kier molecular flexibility index (Phi) is 3.06. The van der Waals surface area contributed by atoms with E-state index >= 15 is 0 Å².